The molecule has 2 aromatic heterocycles. The number of nitrogens with one attached hydrogen (secondary N) is 2. The van der Waals surface area contributed by atoms with E-state index in [0.717, 1.165) is 50.3 Å². The molecule has 0 amide bonds. The van der Waals surface area contributed by atoms with Gasteiger partial charge < -0.3 is 19.9 Å². The SMILES string of the molecule is COc1cnc2c(CCN3CCNCC3)c[nH]c2n1. The second-order valence-corrected chi connectivity index (χ2v) is 4.77. The quantitative estimate of drug-likeness (QED) is 0.834. The van der Waals surface area contributed by atoms with Crippen molar-refractivity contribution in [3.8, 4) is 5.88 Å². The third-order valence-corrected chi connectivity index (χ3v) is 3.55. The molecule has 0 aliphatic carbocycles. The van der Waals surface area contributed by atoms with Crippen LogP contribution < -0.4 is 10.1 Å². The van der Waals surface area contributed by atoms with E-state index in [4.69, 9.17) is 4.74 Å². The summed E-state index contributed by atoms with van der Waals surface area (Å²) in [5, 5.41) is 3.37. The van der Waals surface area contributed by atoms with Crippen molar-refractivity contribution in [3.63, 3.8) is 0 Å². The van der Waals surface area contributed by atoms with Crippen molar-refractivity contribution >= 4 is 11.2 Å². The first kappa shape index (κ1) is 12.4. The minimum atomic E-state index is 0.544. The molecule has 1 saturated heterocycles. The highest BCUT2D eigenvalue weighted by atomic mass is 16.5. The third-order valence-electron chi connectivity index (χ3n) is 3.55. The number of rotatable bonds is 4. The van der Waals surface area contributed by atoms with Crippen LogP contribution in [0.4, 0.5) is 0 Å². The lowest BCUT2D eigenvalue weighted by Crippen LogP contribution is -2.44. The number of nitrogens with zero attached hydrogens (tertiary/aromatic N) is 3. The molecule has 0 saturated carbocycles. The number of hydrogen-bond acceptors (Lipinski definition) is 5. The zero-order valence-electron chi connectivity index (χ0n) is 11.1. The van der Waals surface area contributed by atoms with Gasteiger partial charge in [-0.2, -0.15) is 4.98 Å². The van der Waals surface area contributed by atoms with E-state index in [1.54, 1.807) is 13.3 Å². The molecule has 0 atom stereocenters. The number of hydrogen-bond donors (Lipinski definition) is 2. The van der Waals surface area contributed by atoms with Gasteiger partial charge in [0.25, 0.3) is 0 Å². The van der Waals surface area contributed by atoms with Crippen LogP contribution in [0.3, 0.4) is 0 Å². The fourth-order valence-electron chi connectivity index (χ4n) is 2.43. The lowest BCUT2D eigenvalue weighted by Gasteiger charge is -2.26. The van der Waals surface area contributed by atoms with E-state index in [2.05, 4.69) is 25.2 Å². The van der Waals surface area contributed by atoms with Crippen molar-refractivity contribution in [2.75, 3.05) is 39.8 Å². The van der Waals surface area contributed by atoms with Crippen LogP contribution in [0.2, 0.25) is 0 Å². The number of H-pyrrole nitrogens is 1. The van der Waals surface area contributed by atoms with Crippen LogP contribution >= 0.6 is 0 Å². The lowest BCUT2D eigenvalue weighted by molar-refractivity contribution is 0.244. The second kappa shape index (κ2) is 5.54. The van der Waals surface area contributed by atoms with Gasteiger partial charge in [-0.05, 0) is 12.0 Å². The van der Waals surface area contributed by atoms with E-state index < -0.39 is 0 Å². The average molecular weight is 261 g/mol. The number of aromatic amines is 1. The van der Waals surface area contributed by atoms with Crippen LogP contribution in [-0.2, 0) is 6.42 Å². The molecule has 0 spiro atoms. The van der Waals surface area contributed by atoms with E-state index in [1.807, 2.05) is 6.20 Å². The molecule has 0 aromatic carbocycles. The van der Waals surface area contributed by atoms with Gasteiger partial charge in [0.15, 0.2) is 5.65 Å². The van der Waals surface area contributed by atoms with E-state index in [-0.39, 0.29) is 0 Å². The van der Waals surface area contributed by atoms with Crippen LogP contribution in [0.1, 0.15) is 5.56 Å². The summed E-state index contributed by atoms with van der Waals surface area (Å²) >= 11 is 0. The standard InChI is InChI=1S/C13H19N5O/c1-19-11-9-15-12-10(8-16-13(12)17-11)2-5-18-6-3-14-4-7-18/h8-9,14H,2-7H2,1H3,(H,16,17). The van der Waals surface area contributed by atoms with Gasteiger partial charge in [0.1, 0.15) is 5.52 Å². The van der Waals surface area contributed by atoms with Crippen molar-refractivity contribution in [1.82, 2.24) is 25.2 Å². The molecule has 1 fully saturated rings. The molecular weight excluding hydrogens is 242 g/mol. The van der Waals surface area contributed by atoms with Gasteiger partial charge in [-0.1, -0.05) is 0 Å². The zero-order chi connectivity index (χ0) is 13.1. The Morgan fingerprint density at radius 2 is 2.21 bits per heavy atom. The third kappa shape index (κ3) is 2.69. The summed E-state index contributed by atoms with van der Waals surface area (Å²) in [6.45, 7) is 5.50. The van der Waals surface area contributed by atoms with Crippen molar-refractivity contribution in [3.05, 3.63) is 18.0 Å². The molecule has 3 heterocycles. The highest BCUT2D eigenvalue weighted by Crippen LogP contribution is 2.17. The van der Waals surface area contributed by atoms with Gasteiger partial charge >= 0.3 is 0 Å². The van der Waals surface area contributed by atoms with Crippen molar-refractivity contribution in [2.45, 2.75) is 6.42 Å². The maximum absolute atomic E-state index is 5.08. The lowest BCUT2D eigenvalue weighted by atomic mass is 10.2. The highest BCUT2D eigenvalue weighted by molar-refractivity contribution is 5.75. The fraction of sp³-hybridized carbons (Fsp3) is 0.538. The molecule has 6 nitrogen and oxygen atoms in total. The number of ether oxygens (including phenoxy) is 1. The zero-order valence-corrected chi connectivity index (χ0v) is 11.1. The average Bonchev–Trinajstić information content (AvgIpc) is 2.88. The van der Waals surface area contributed by atoms with Crippen molar-refractivity contribution in [1.29, 1.82) is 0 Å². The Morgan fingerprint density at radius 1 is 1.37 bits per heavy atom. The monoisotopic (exact) mass is 261 g/mol. The number of methoxy groups -OCH3 is 1. The normalized spacial score (nSPS) is 16.9. The van der Waals surface area contributed by atoms with E-state index in [0.29, 0.717) is 5.88 Å². The molecule has 19 heavy (non-hydrogen) atoms. The Kier molecular flexibility index (Phi) is 3.61. The van der Waals surface area contributed by atoms with Crippen LogP contribution in [0.25, 0.3) is 11.2 Å². The number of piperazine rings is 1. The molecule has 1 aliphatic heterocycles. The molecule has 0 radical (unpaired) electrons. The number of fused-ring (bicyclic) bond motifs is 1. The molecule has 102 valence electrons. The van der Waals surface area contributed by atoms with E-state index >= 15 is 0 Å². The molecule has 6 heteroatoms. The van der Waals surface area contributed by atoms with Gasteiger partial charge in [0.2, 0.25) is 5.88 Å². The maximum atomic E-state index is 5.08. The van der Waals surface area contributed by atoms with Crippen LogP contribution in [-0.4, -0.2) is 59.7 Å². The van der Waals surface area contributed by atoms with Gasteiger partial charge in [-0.15, -0.1) is 0 Å². The smallest absolute Gasteiger partial charge is 0.234 e. The largest absolute Gasteiger partial charge is 0.480 e. The minimum Gasteiger partial charge on any atom is -0.480 e. The Labute approximate surface area is 112 Å². The molecule has 3 rings (SSSR count). The Morgan fingerprint density at radius 3 is 3.00 bits per heavy atom. The maximum Gasteiger partial charge on any atom is 0.234 e. The summed E-state index contributed by atoms with van der Waals surface area (Å²) in [5.74, 6) is 0.544. The molecule has 2 aromatic rings. The van der Waals surface area contributed by atoms with Gasteiger partial charge in [0.05, 0.1) is 13.3 Å². The Balaban J connectivity index is 1.70. The summed E-state index contributed by atoms with van der Waals surface area (Å²) in [6.07, 6.45) is 4.68. The first-order valence-corrected chi connectivity index (χ1v) is 6.67. The van der Waals surface area contributed by atoms with Crippen LogP contribution in [0, 0.1) is 0 Å². The second-order valence-electron chi connectivity index (χ2n) is 4.77. The summed E-state index contributed by atoms with van der Waals surface area (Å²) in [6, 6.07) is 0. The predicted molar refractivity (Wildman–Crippen MR) is 73.5 cm³/mol. The van der Waals surface area contributed by atoms with Crippen LogP contribution in [0.15, 0.2) is 12.4 Å². The van der Waals surface area contributed by atoms with Gasteiger partial charge in [0, 0.05) is 38.9 Å². The topological polar surface area (TPSA) is 66.1 Å². The predicted octanol–water partition coefficient (Wildman–Crippen LogP) is 0.414. The highest BCUT2D eigenvalue weighted by Gasteiger charge is 2.12. The summed E-state index contributed by atoms with van der Waals surface area (Å²) < 4.78 is 5.08. The van der Waals surface area contributed by atoms with Crippen LogP contribution in [0.5, 0.6) is 5.88 Å². The van der Waals surface area contributed by atoms with E-state index in [1.165, 1.54) is 5.56 Å². The van der Waals surface area contributed by atoms with Crippen molar-refractivity contribution in [2.24, 2.45) is 0 Å². The van der Waals surface area contributed by atoms with Gasteiger partial charge in [-0.25, -0.2) is 4.98 Å². The molecule has 0 bridgehead atoms. The van der Waals surface area contributed by atoms with Gasteiger partial charge in [-0.3, -0.25) is 0 Å². The Hall–Kier alpha value is -1.66. The summed E-state index contributed by atoms with van der Waals surface area (Å²) in [5.41, 5.74) is 2.98. The van der Waals surface area contributed by atoms with Crippen molar-refractivity contribution < 1.29 is 4.74 Å². The molecular formula is C13H19N5O. The minimum absolute atomic E-state index is 0.544. The molecule has 2 N–H and O–H groups in total. The van der Waals surface area contributed by atoms with E-state index in [9.17, 15) is 0 Å². The first-order chi connectivity index (χ1) is 9.36. The molecule has 1 aliphatic rings. The summed E-state index contributed by atoms with van der Waals surface area (Å²) in [4.78, 5) is 14.4. The molecule has 0 unspecified atom stereocenters. The number of aromatic nitrogens is 3. The summed E-state index contributed by atoms with van der Waals surface area (Å²) in [7, 11) is 1.60. The first-order valence-electron chi connectivity index (χ1n) is 6.67. The fourth-order valence-corrected chi connectivity index (χ4v) is 2.43. The Bertz CT molecular complexity index is 547.